The van der Waals surface area contributed by atoms with Gasteiger partial charge in [0.2, 0.25) is 0 Å². The molecule has 0 unspecified atom stereocenters. The zero-order chi connectivity index (χ0) is 20.0. The van der Waals surface area contributed by atoms with Gasteiger partial charge in [0.15, 0.2) is 0 Å². The Morgan fingerprint density at radius 3 is 2.48 bits per heavy atom. The summed E-state index contributed by atoms with van der Waals surface area (Å²) in [6.45, 7) is 5.42. The third-order valence-electron chi connectivity index (χ3n) is 6.26. The van der Waals surface area contributed by atoms with E-state index in [4.69, 9.17) is 4.98 Å². The first-order valence-electron chi connectivity index (χ1n) is 10.5. The molecule has 29 heavy (non-hydrogen) atoms. The Kier molecular flexibility index (Phi) is 4.48. The maximum Gasteiger partial charge on any atom is 0.0757 e. The fraction of sp³-hybridized carbons (Fsp3) is 0.269. The van der Waals surface area contributed by atoms with E-state index in [2.05, 4.69) is 91.5 Å². The quantitative estimate of drug-likeness (QED) is 0.437. The predicted molar refractivity (Wildman–Crippen MR) is 124 cm³/mol. The van der Waals surface area contributed by atoms with Crippen LogP contribution in [0.15, 0.2) is 60.7 Å². The summed E-state index contributed by atoms with van der Waals surface area (Å²) in [5, 5.41) is 3.97. The molecule has 0 radical (unpaired) electrons. The van der Waals surface area contributed by atoms with E-state index in [1.54, 1.807) is 0 Å². The van der Waals surface area contributed by atoms with Gasteiger partial charge in [-0.15, -0.1) is 0 Å². The number of anilines is 1. The van der Waals surface area contributed by atoms with Crippen molar-refractivity contribution in [3.05, 3.63) is 71.8 Å². The summed E-state index contributed by atoms with van der Waals surface area (Å²) in [6, 6.07) is 21.9. The van der Waals surface area contributed by atoms with Gasteiger partial charge in [-0.2, -0.15) is 0 Å². The monoisotopic (exact) mass is 381 g/mol. The molecule has 1 aliphatic heterocycles. The molecule has 0 aliphatic carbocycles. The van der Waals surface area contributed by atoms with Gasteiger partial charge in [-0.1, -0.05) is 49.4 Å². The largest absolute Gasteiger partial charge is 0.378 e. The van der Waals surface area contributed by atoms with Gasteiger partial charge in [-0.25, -0.2) is 4.98 Å². The minimum Gasteiger partial charge on any atom is -0.378 e. The van der Waals surface area contributed by atoms with Crippen molar-refractivity contribution in [3.63, 3.8) is 0 Å². The molecule has 0 atom stereocenters. The van der Waals surface area contributed by atoms with Gasteiger partial charge in [0, 0.05) is 43.8 Å². The molecule has 0 bridgehead atoms. The Morgan fingerprint density at radius 1 is 0.931 bits per heavy atom. The number of fused-ring (bicyclic) bond motifs is 5. The first-order valence-corrected chi connectivity index (χ1v) is 10.5. The summed E-state index contributed by atoms with van der Waals surface area (Å²) in [6.07, 6.45) is 1.08. The maximum atomic E-state index is 5.21. The van der Waals surface area contributed by atoms with Gasteiger partial charge < -0.3 is 4.90 Å². The van der Waals surface area contributed by atoms with Crippen molar-refractivity contribution < 1.29 is 0 Å². The second kappa shape index (κ2) is 7.16. The molecule has 4 aromatic rings. The molecule has 3 aromatic carbocycles. The average molecular weight is 382 g/mol. The first-order chi connectivity index (χ1) is 14.2. The lowest BCUT2D eigenvalue weighted by Gasteiger charge is -2.30. The lowest BCUT2D eigenvalue weighted by Crippen LogP contribution is -2.31. The standard InChI is InChI=1S/C26H27N3/c1-4-29-16-15-22-23(17-29)26(19-9-12-20(13-10-19)28(2)3)27-24-14-11-18-7-5-6-8-21(18)25(22)24/h5-14H,4,15-17H2,1-3H3. The Labute approximate surface area is 172 Å². The van der Waals surface area contributed by atoms with E-state index in [1.165, 1.54) is 38.5 Å². The van der Waals surface area contributed by atoms with Crippen LogP contribution in [0.25, 0.3) is 32.9 Å². The smallest absolute Gasteiger partial charge is 0.0757 e. The molecular formula is C26H27N3. The Balaban J connectivity index is 1.79. The highest BCUT2D eigenvalue weighted by Crippen LogP contribution is 2.37. The number of pyridine rings is 1. The van der Waals surface area contributed by atoms with Crippen molar-refractivity contribution in [2.75, 3.05) is 32.1 Å². The average Bonchev–Trinajstić information content (AvgIpc) is 2.77. The predicted octanol–water partition coefficient (Wildman–Crippen LogP) is 5.50. The first kappa shape index (κ1) is 18.1. The Morgan fingerprint density at radius 2 is 1.72 bits per heavy atom. The topological polar surface area (TPSA) is 19.4 Å². The number of rotatable bonds is 3. The van der Waals surface area contributed by atoms with Crippen LogP contribution in [-0.2, 0) is 13.0 Å². The van der Waals surface area contributed by atoms with E-state index < -0.39 is 0 Å². The highest BCUT2D eigenvalue weighted by Gasteiger charge is 2.23. The molecule has 0 fully saturated rings. The van der Waals surface area contributed by atoms with Crippen LogP contribution in [0.4, 0.5) is 5.69 Å². The molecule has 146 valence electrons. The molecule has 0 N–H and O–H groups in total. The molecule has 3 heteroatoms. The maximum absolute atomic E-state index is 5.21. The van der Waals surface area contributed by atoms with E-state index in [1.807, 2.05) is 0 Å². The van der Waals surface area contributed by atoms with Crippen LogP contribution >= 0.6 is 0 Å². The third kappa shape index (κ3) is 3.06. The van der Waals surface area contributed by atoms with Crippen molar-refractivity contribution >= 4 is 27.4 Å². The van der Waals surface area contributed by atoms with Crippen LogP contribution in [0.1, 0.15) is 18.1 Å². The zero-order valence-corrected chi connectivity index (χ0v) is 17.4. The molecule has 0 spiro atoms. The second-order valence-electron chi connectivity index (χ2n) is 8.16. The number of hydrogen-bond acceptors (Lipinski definition) is 3. The highest BCUT2D eigenvalue weighted by atomic mass is 15.1. The number of likely N-dealkylation sites (N-methyl/N-ethyl adjacent to an activating group) is 1. The van der Waals surface area contributed by atoms with Gasteiger partial charge in [-0.3, -0.25) is 4.90 Å². The molecule has 0 amide bonds. The van der Waals surface area contributed by atoms with E-state index in [9.17, 15) is 0 Å². The number of nitrogens with zero attached hydrogens (tertiary/aromatic N) is 3. The molecule has 0 saturated carbocycles. The van der Waals surface area contributed by atoms with Crippen LogP contribution in [0.3, 0.4) is 0 Å². The van der Waals surface area contributed by atoms with E-state index in [-0.39, 0.29) is 0 Å². The fourth-order valence-electron chi connectivity index (χ4n) is 4.60. The van der Waals surface area contributed by atoms with Crippen molar-refractivity contribution in [1.82, 2.24) is 9.88 Å². The van der Waals surface area contributed by atoms with Gasteiger partial charge in [-0.05, 0) is 53.1 Å². The molecule has 0 saturated heterocycles. The normalized spacial score (nSPS) is 14.3. The number of hydrogen-bond donors (Lipinski definition) is 0. The number of benzene rings is 3. The summed E-state index contributed by atoms with van der Waals surface area (Å²) < 4.78 is 0. The number of aromatic nitrogens is 1. The van der Waals surface area contributed by atoms with Gasteiger partial charge in [0.25, 0.3) is 0 Å². The van der Waals surface area contributed by atoms with Crippen molar-refractivity contribution in [2.45, 2.75) is 19.9 Å². The van der Waals surface area contributed by atoms with Crippen LogP contribution in [0.5, 0.6) is 0 Å². The van der Waals surface area contributed by atoms with Gasteiger partial charge >= 0.3 is 0 Å². The minimum atomic E-state index is 0.975. The SMILES string of the molecule is CCN1CCc2c(c(-c3ccc(N(C)C)cc3)nc3ccc4ccccc4c23)C1. The highest BCUT2D eigenvalue weighted by molar-refractivity contribution is 6.09. The lowest BCUT2D eigenvalue weighted by atomic mass is 9.89. The van der Waals surface area contributed by atoms with E-state index in [0.29, 0.717) is 0 Å². The molecule has 3 nitrogen and oxygen atoms in total. The van der Waals surface area contributed by atoms with Crippen molar-refractivity contribution in [1.29, 1.82) is 0 Å². The summed E-state index contributed by atoms with van der Waals surface area (Å²) in [4.78, 5) is 9.88. The van der Waals surface area contributed by atoms with E-state index in [0.717, 1.165) is 37.3 Å². The summed E-state index contributed by atoms with van der Waals surface area (Å²) in [5.74, 6) is 0. The van der Waals surface area contributed by atoms with Crippen molar-refractivity contribution in [3.8, 4) is 11.3 Å². The minimum absolute atomic E-state index is 0.975. The fourth-order valence-corrected chi connectivity index (χ4v) is 4.60. The molecular weight excluding hydrogens is 354 g/mol. The molecule has 1 aliphatic rings. The third-order valence-corrected chi connectivity index (χ3v) is 6.26. The van der Waals surface area contributed by atoms with Gasteiger partial charge in [0.05, 0.1) is 11.2 Å². The lowest BCUT2D eigenvalue weighted by molar-refractivity contribution is 0.269. The van der Waals surface area contributed by atoms with E-state index >= 15 is 0 Å². The summed E-state index contributed by atoms with van der Waals surface area (Å²) in [7, 11) is 4.16. The Hall–Kier alpha value is -2.91. The summed E-state index contributed by atoms with van der Waals surface area (Å²) >= 11 is 0. The van der Waals surface area contributed by atoms with Crippen LogP contribution < -0.4 is 4.90 Å². The Bertz CT molecular complexity index is 1190. The van der Waals surface area contributed by atoms with Crippen LogP contribution in [0, 0.1) is 0 Å². The second-order valence-corrected chi connectivity index (χ2v) is 8.16. The molecule has 1 aromatic heterocycles. The molecule has 5 rings (SSSR count). The van der Waals surface area contributed by atoms with Crippen LogP contribution in [-0.4, -0.2) is 37.1 Å². The summed E-state index contributed by atoms with van der Waals surface area (Å²) in [5.41, 5.74) is 7.57. The zero-order valence-electron chi connectivity index (χ0n) is 17.4. The molecule has 2 heterocycles. The van der Waals surface area contributed by atoms with Crippen LogP contribution in [0.2, 0.25) is 0 Å². The van der Waals surface area contributed by atoms with Crippen molar-refractivity contribution in [2.24, 2.45) is 0 Å². The van der Waals surface area contributed by atoms with Gasteiger partial charge in [0.1, 0.15) is 0 Å².